The van der Waals surface area contributed by atoms with Crippen LogP contribution in [0.3, 0.4) is 0 Å². The molecule has 8 heteroatoms. The van der Waals surface area contributed by atoms with Crippen LogP contribution in [0.1, 0.15) is 28.2 Å². The molecule has 2 aromatic carbocycles. The fraction of sp³-hybridized carbons (Fsp3) is 0.300. The summed E-state index contributed by atoms with van der Waals surface area (Å²) in [7, 11) is 0. The minimum absolute atomic E-state index is 0.128. The Bertz CT molecular complexity index is 898. The number of tetrazole rings is 1. The molecule has 1 atom stereocenters. The van der Waals surface area contributed by atoms with E-state index in [-0.39, 0.29) is 5.91 Å². The minimum atomic E-state index is -0.514. The van der Waals surface area contributed by atoms with Gasteiger partial charge >= 0.3 is 0 Å². The van der Waals surface area contributed by atoms with Gasteiger partial charge < -0.3 is 5.32 Å². The third kappa shape index (κ3) is 4.74. The van der Waals surface area contributed by atoms with Crippen LogP contribution in [-0.4, -0.2) is 37.6 Å². The normalized spacial score (nSPS) is 15.9. The summed E-state index contributed by atoms with van der Waals surface area (Å²) < 4.78 is 1.95. The van der Waals surface area contributed by atoms with E-state index in [9.17, 15) is 4.79 Å². The molecule has 0 saturated carbocycles. The van der Waals surface area contributed by atoms with Gasteiger partial charge in [-0.05, 0) is 51.6 Å². The molecule has 28 heavy (non-hydrogen) atoms. The second-order valence-electron chi connectivity index (χ2n) is 6.54. The fourth-order valence-corrected chi connectivity index (χ4v) is 6.00. The molecule has 1 saturated heterocycles. The summed E-state index contributed by atoms with van der Waals surface area (Å²) in [6.07, 6.45) is 3.26. The zero-order valence-corrected chi connectivity index (χ0v) is 16.9. The van der Waals surface area contributed by atoms with Crippen LogP contribution in [0.2, 0.25) is 0 Å². The quantitative estimate of drug-likeness (QED) is 0.662. The van der Waals surface area contributed by atoms with Gasteiger partial charge in [-0.25, -0.2) is 4.68 Å². The van der Waals surface area contributed by atoms with Crippen LogP contribution in [0.25, 0.3) is 0 Å². The predicted octanol–water partition coefficient (Wildman–Crippen LogP) is 3.96. The van der Waals surface area contributed by atoms with Crippen LogP contribution >= 0.6 is 23.5 Å². The maximum absolute atomic E-state index is 13.1. The second kappa shape index (κ2) is 9.25. The fourth-order valence-electron chi connectivity index (χ4n) is 3.12. The molecular formula is C20H21N5OS2. The monoisotopic (exact) mass is 411 g/mol. The van der Waals surface area contributed by atoms with Crippen molar-refractivity contribution in [1.29, 1.82) is 0 Å². The molecular weight excluding hydrogens is 390 g/mol. The van der Waals surface area contributed by atoms with E-state index < -0.39 is 6.04 Å². The minimum Gasteiger partial charge on any atom is -0.324 e. The van der Waals surface area contributed by atoms with E-state index in [4.69, 9.17) is 0 Å². The van der Waals surface area contributed by atoms with E-state index in [1.54, 1.807) is 0 Å². The molecule has 0 radical (unpaired) electrons. The molecule has 0 bridgehead atoms. The number of hydrogen-bond donors (Lipinski definition) is 1. The molecule has 1 amide bonds. The van der Waals surface area contributed by atoms with Crippen molar-refractivity contribution in [2.75, 3.05) is 16.8 Å². The number of nitrogens with zero attached hydrogens (tertiary/aromatic N) is 4. The molecule has 3 aromatic rings. The first kappa shape index (κ1) is 19.0. The average Bonchev–Trinajstić information content (AvgIpc) is 3.28. The van der Waals surface area contributed by atoms with Crippen LogP contribution in [-0.2, 0) is 11.2 Å². The van der Waals surface area contributed by atoms with Gasteiger partial charge in [0.15, 0.2) is 0 Å². The van der Waals surface area contributed by atoms with Crippen LogP contribution in [0.15, 0.2) is 60.9 Å². The molecule has 1 aliphatic rings. The van der Waals surface area contributed by atoms with Gasteiger partial charge in [0, 0.05) is 12.1 Å². The Morgan fingerprint density at radius 3 is 2.71 bits per heavy atom. The summed E-state index contributed by atoms with van der Waals surface area (Å²) in [5, 5.41) is 14.4. The van der Waals surface area contributed by atoms with Gasteiger partial charge in [0.05, 0.1) is 4.58 Å². The first-order valence-corrected chi connectivity index (χ1v) is 11.3. The number of rotatable bonds is 6. The maximum atomic E-state index is 13.1. The molecule has 1 unspecified atom stereocenters. The second-order valence-corrected chi connectivity index (χ2v) is 9.26. The summed E-state index contributed by atoms with van der Waals surface area (Å²) >= 11 is 3.94. The van der Waals surface area contributed by atoms with Crippen molar-refractivity contribution in [1.82, 2.24) is 20.2 Å². The zero-order chi connectivity index (χ0) is 19.2. The summed E-state index contributed by atoms with van der Waals surface area (Å²) in [5.41, 5.74) is 3.11. The van der Waals surface area contributed by atoms with Crippen molar-refractivity contribution < 1.29 is 4.79 Å². The lowest BCUT2D eigenvalue weighted by Gasteiger charge is -2.22. The Morgan fingerprint density at radius 1 is 1.14 bits per heavy atom. The third-order valence-electron chi connectivity index (χ3n) is 4.51. The smallest absolute Gasteiger partial charge is 0.249 e. The summed E-state index contributed by atoms with van der Waals surface area (Å²) in [6.45, 7) is 0. The highest BCUT2D eigenvalue weighted by Gasteiger charge is 2.23. The molecule has 144 valence electrons. The Labute approximate surface area is 172 Å². The largest absolute Gasteiger partial charge is 0.324 e. The topological polar surface area (TPSA) is 72.7 Å². The Morgan fingerprint density at radius 2 is 1.96 bits per heavy atom. The van der Waals surface area contributed by atoms with Crippen molar-refractivity contribution in [2.24, 2.45) is 0 Å². The van der Waals surface area contributed by atoms with E-state index in [0.717, 1.165) is 11.3 Å². The van der Waals surface area contributed by atoms with E-state index >= 15 is 0 Å². The lowest BCUT2D eigenvalue weighted by atomic mass is 10.1. The number of benzene rings is 2. The van der Waals surface area contributed by atoms with Gasteiger partial charge in [-0.2, -0.15) is 0 Å². The summed E-state index contributed by atoms with van der Waals surface area (Å²) in [5.74, 6) is 2.25. The Hall–Kier alpha value is -2.32. The lowest BCUT2D eigenvalue weighted by Crippen LogP contribution is -2.28. The SMILES string of the molecule is O=C(Nc1cccc(C2SCCCS2)c1)C(Cc1ccccc1)n1cnnn1. The van der Waals surface area contributed by atoms with Crippen molar-refractivity contribution in [3.63, 3.8) is 0 Å². The lowest BCUT2D eigenvalue weighted by molar-refractivity contribution is -0.119. The van der Waals surface area contributed by atoms with Crippen LogP contribution in [0, 0.1) is 0 Å². The number of aromatic nitrogens is 4. The van der Waals surface area contributed by atoms with Gasteiger partial charge in [-0.3, -0.25) is 4.79 Å². The first-order chi connectivity index (χ1) is 13.8. The standard InChI is InChI=1S/C20H21N5OS2/c26-19(18(25-14-21-23-24-25)12-15-6-2-1-3-7-15)22-17-9-4-8-16(13-17)20-27-10-5-11-28-20/h1-4,6-9,13-14,18,20H,5,10-12H2,(H,22,26). The maximum Gasteiger partial charge on any atom is 0.249 e. The van der Waals surface area contributed by atoms with Crippen molar-refractivity contribution in [3.8, 4) is 0 Å². The predicted molar refractivity (Wildman–Crippen MR) is 114 cm³/mol. The third-order valence-corrected chi connectivity index (χ3v) is 7.53. The highest BCUT2D eigenvalue weighted by Crippen LogP contribution is 2.44. The molecule has 4 rings (SSSR count). The van der Waals surface area contributed by atoms with Gasteiger partial charge in [0.1, 0.15) is 12.4 Å². The Kier molecular flexibility index (Phi) is 6.28. The zero-order valence-electron chi connectivity index (χ0n) is 15.3. The number of anilines is 1. The van der Waals surface area contributed by atoms with Gasteiger partial charge in [-0.1, -0.05) is 42.5 Å². The number of carbonyl (C=O) groups excluding carboxylic acids is 1. The van der Waals surface area contributed by atoms with Crippen LogP contribution in [0.4, 0.5) is 5.69 Å². The molecule has 2 heterocycles. The van der Waals surface area contributed by atoms with E-state index in [1.807, 2.05) is 66.0 Å². The van der Waals surface area contributed by atoms with Crippen molar-refractivity contribution in [3.05, 3.63) is 72.1 Å². The number of amides is 1. The number of nitrogens with one attached hydrogen (secondary N) is 1. The molecule has 1 N–H and O–H groups in total. The summed E-state index contributed by atoms with van der Waals surface area (Å²) in [6, 6.07) is 17.5. The van der Waals surface area contributed by atoms with Crippen molar-refractivity contribution in [2.45, 2.75) is 23.5 Å². The van der Waals surface area contributed by atoms with E-state index in [2.05, 4.69) is 33.0 Å². The van der Waals surface area contributed by atoms with Gasteiger partial charge in [0.2, 0.25) is 5.91 Å². The first-order valence-electron chi connectivity index (χ1n) is 9.20. The number of hydrogen-bond acceptors (Lipinski definition) is 6. The Balaban J connectivity index is 1.51. The molecule has 1 aromatic heterocycles. The highest BCUT2D eigenvalue weighted by molar-refractivity contribution is 8.16. The molecule has 1 aliphatic heterocycles. The molecule has 1 fully saturated rings. The molecule has 0 aliphatic carbocycles. The van der Waals surface area contributed by atoms with Gasteiger partial charge in [0.25, 0.3) is 0 Å². The van der Waals surface area contributed by atoms with E-state index in [0.29, 0.717) is 11.0 Å². The molecule has 0 spiro atoms. The van der Waals surface area contributed by atoms with Crippen LogP contribution in [0.5, 0.6) is 0 Å². The van der Waals surface area contributed by atoms with Gasteiger partial charge in [-0.15, -0.1) is 28.6 Å². The number of carbonyl (C=O) groups is 1. The average molecular weight is 412 g/mol. The van der Waals surface area contributed by atoms with E-state index in [1.165, 1.54) is 34.5 Å². The highest BCUT2D eigenvalue weighted by atomic mass is 32.2. The van der Waals surface area contributed by atoms with Crippen LogP contribution < -0.4 is 5.32 Å². The van der Waals surface area contributed by atoms with Crippen molar-refractivity contribution >= 4 is 35.1 Å². The molecule has 6 nitrogen and oxygen atoms in total. The number of thioether (sulfide) groups is 2. The summed E-state index contributed by atoms with van der Waals surface area (Å²) in [4.78, 5) is 13.1.